The highest BCUT2D eigenvalue weighted by atomic mass is 16.6. The Morgan fingerprint density at radius 1 is 1.42 bits per heavy atom. The van der Waals surface area contributed by atoms with Gasteiger partial charge >= 0.3 is 0 Å². The van der Waals surface area contributed by atoms with E-state index in [-0.39, 0.29) is 10.6 Å². The van der Waals surface area contributed by atoms with Gasteiger partial charge in [0.15, 0.2) is 0 Å². The van der Waals surface area contributed by atoms with Crippen LogP contribution in [0, 0.1) is 23.0 Å². The first-order valence-corrected chi connectivity index (χ1v) is 7.11. The Hall–Kier alpha value is -1.58. The van der Waals surface area contributed by atoms with Gasteiger partial charge in [-0.3, -0.25) is 10.1 Å². The maximum Gasteiger partial charge on any atom is 0.272 e. The summed E-state index contributed by atoms with van der Waals surface area (Å²) in [6.45, 7) is 4.04. The molecule has 0 aliphatic heterocycles. The molecule has 1 fully saturated rings. The van der Waals surface area contributed by atoms with Crippen LogP contribution in [0.1, 0.15) is 44.6 Å². The third-order valence-corrected chi connectivity index (χ3v) is 4.12. The molecule has 4 nitrogen and oxygen atoms in total. The summed E-state index contributed by atoms with van der Waals surface area (Å²) in [7, 11) is 0. The van der Waals surface area contributed by atoms with E-state index in [0.717, 1.165) is 17.2 Å². The number of anilines is 1. The van der Waals surface area contributed by atoms with E-state index in [1.54, 1.807) is 13.0 Å². The van der Waals surface area contributed by atoms with Crippen molar-refractivity contribution in [2.75, 3.05) is 5.32 Å². The minimum Gasteiger partial charge on any atom is -0.382 e. The highest BCUT2D eigenvalue weighted by molar-refractivity contribution is 5.54. The van der Waals surface area contributed by atoms with Gasteiger partial charge in [-0.25, -0.2) is 0 Å². The lowest BCUT2D eigenvalue weighted by Gasteiger charge is -2.29. The zero-order valence-corrected chi connectivity index (χ0v) is 11.7. The number of hydrogen-bond donors (Lipinski definition) is 1. The van der Waals surface area contributed by atoms with Crippen molar-refractivity contribution in [3.05, 3.63) is 33.9 Å². The summed E-state index contributed by atoms with van der Waals surface area (Å²) in [5.41, 5.74) is 1.92. The fraction of sp³-hybridized carbons (Fsp3) is 0.600. The first-order valence-electron chi connectivity index (χ1n) is 7.11. The van der Waals surface area contributed by atoms with E-state index in [2.05, 4.69) is 12.2 Å². The van der Waals surface area contributed by atoms with Gasteiger partial charge in [0, 0.05) is 23.4 Å². The Morgan fingerprint density at radius 3 is 2.84 bits per heavy atom. The van der Waals surface area contributed by atoms with Crippen LogP contribution in [-0.4, -0.2) is 11.0 Å². The fourth-order valence-electron chi connectivity index (χ4n) is 2.98. The van der Waals surface area contributed by atoms with Gasteiger partial charge in [0.1, 0.15) is 0 Å². The molecular formula is C15H22N2O2. The predicted molar refractivity (Wildman–Crippen MR) is 77.5 cm³/mol. The summed E-state index contributed by atoms with van der Waals surface area (Å²) in [5, 5.41) is 14.3. The second-order valence-electron chi connectivity index (χ2n) is 5.54. The summed E-state index contributed by atoms with van der Waals surface area (Å²) >= 11 is 0. The molecule has 0 aromatic heterocycles. The molecule has 0 heterocycles. The predicted octanol–water partition coefficient (Wildman–Crippen LogP) is 4.28. The number of nitro groups is 1. The maximum absolute atomic E-state index is 10.8. The Kier molecular flexibility index (Phi) is 4.40. The average molecular weight is 262 g/mol. The number of nitro benzene ring substituents is 1. The van der Waals surface area contributed by atoms with Crippen LogP contribution in [0.4, 0.5) is 11.4 Å². The molecule has 0 amide bonds. The molecule has 19 heavy (non-hydrogen) atoms. The molecule has 104 valence electrons. The lowest BCUT2D eigenvalue weighted by atomic mass is 9.84. The van der Waals surface area contributed by atoms with Crippen LogP contribution in [0.3, 0.4) is 0 Å². The standard InChI is InChI=1S/C15H22N2O2/c1-3-12-5-4-6-13(10-12)16-14-7-8-15(17(18)19)11(2)9-14/h7-9,12-13,16H,3-6,10H2,1-2H3. The van der Waals surface area contributed by atoms with Gasteiger partial charge in [0.05, 0.1) is 4.92 Å². The minimum atomic E-state index is -0.327. The fourth-order valence-corrected chi connectivity index (χ4v) is 2.98. The number of benzene rings is 1. The van der Waals surface area contributed by atoms with Crippen LogP contribution >= 0.6 is 0 Å². The van der Waals surface area contributed by atoms with Gasteiger partial charge in [-0.1, -0.05) is 26.2 Å². The van der Waals surface area contributed by atoms with Gasteiger partial charge in [0.25, 0.3) is 5.69 Å². The van der Waals surface area contributed by atoms with Crippen molar-refractivity contribution in [1.82, 2.24) is 0 Å². The molecule has 0 saturated heterocycles. The van der Waals surface area contributed by atoms with E-state index in [1.807, 2.05) is 12.1 Å². The van der Waals surface area contributed by atoms with Crippen molar-refractivity contribution < 1.29 is 4.92 Å². The smallest absolute Gasteiger partial charge is 0.272 e. The van der Waals surface area contributed by atoms with Gasteiger partial charge in [-0.2, -0.15) is 0 Å². The number of aryl methyl sites for hydroxylation is 1. The molecule has 0 spiro atoms. The van der Waals surface area contributed by atoms with E-state index >= 15 is 0 Å². The van der Waals surface area contributed by atoms with Crippen LogP contribution in [0.15, 0.2) is 18.2 Å². The zero-order valence-electron chi connectivity index (χ0n) is 11.7. The van der Waals surface area contributed by atoms with E-state index in [1.165, 1.54) is 32.1 Å². The van der Waals surface area contributed by atoms with E-state index in [9.17, 15) is 10.1 Å². The van der Waals surface area contributed by atoms with Crippen LogP contribution in [-0.2, 0) is 0 Å². The summed E-state index contributed by atoms with van der Waals surface area (Å²) in [6.07, 6.45) is 6.28. The van der Waals surface area contributed by atoms with Crippen molar-refractivity contribution in [2.24, 2.45) is 5.92 Å². The molecule has 1 aromatic rings. The zero-order chi connectivity index (χ0) is 13.8. The van der Waals surface area contributed by atoms with Crippen LogP contribution < -0.4 is 5.32 Å². The van der Waals surface area contributed by atoms with Gasteiger partial charge < -0.3 is 5.32 Å². The van der Waals surface area contributed by atoms with Gasteiger partial charge in [-0.05, 0) is 37.8 Å². The molecule has 2 atom stereocenters. The van der Waals surface area contributed by atoms with Crippen molar-refractivity contribution in [2.45, 2.75) is 52.0 Å². The molecule has 0 bridgehead atoms. The average Bonchev–Trinajstić information content (AvgIpc) is 2.38. The second-order valence-corrected chi connectivity index (χ2v) is 5.54. The number of hydrogen-bond acceptors (Lipinski definition) is 3. The van der Waals surface area contributed by atoms with E-state index < -0.39 is 0 Å². The van der Waals surface area contributed by atoms with Crippen molar-refractivity contribution >= 4 is 11.4 Å². The van der Waals surface area contributed by atoms with Crippen LogP contribution in [0.2, 0.25) is 0 Å². The Balaban J connectivity index is 2.03. The Morgan fingerprint density at radius 2 is 2.21 bits per heavy atom. The van der Waals surface area contributed by atoms with Crippen molar-refractivity contribution in [3.8, 4) is 0 Å². The van der Waals surface area contributed by atoms with E-state index in [4.69, 9.17) is 0 Å². The Labute approximate surface area is 114 Å². The van der Waals surface area contributed by atoms with Crippen molar-refractivity contribution in [3.63, 3.8) is 0 Å². The third kappa shape index (κ3) is 3.46. The molecule has 1 aliphatic carbocycles. The highest BCUT2D eigenvalue weighted by Crippen LogP contribution is 2.29. The molecule has 1 saturated carbocycles. The lowest BCUT2D eigenvalue weighted by Crippen LogP contribution is -2.27. The van der Waals surface area contributed by atoms with E-state index in [0.29, 0.717) is 6.04 Å². The summed E-state index contributed by atoms with van der Waals surface area (Å²) < 4.78 is 0. The van der Waals surface area contributed by atoms with Gasteiger partial charge in [0.2, 0.25) is 0 Å². The first-order chi connectivity index (χ1) is 9.10. The number of rotatable bonds is 4. The maximum atomic E-state index is 10.8. The molecule has 0 radical (unpaired) electrons. The highest BCUT2D eigenvalue weighted by Gasteiger charge is 2.21. The first kappa shape index (κ1) is 13.8. The van der Waals surface area contributed by atoms with Crippen LogP contribution in [0.5, 0.6) is 0 Å². The molecule has 2 unspecified atom stereocenters. The molecule has 1 aromatic carbocycles. The normalized spacial score (nSPS) is 23.1. The summed E-state index contributed by atoms with van der Waals surface area (Å²) in [6, 6.07) is 5.81. The lowest BCUT2D eigenvalue weighted by molar-refractivity contribution is -0.385. The monoisotopic (exact) mass is 262 g/mol. The third-order valence-electron chi connectivity index (χ3n) is 4.12. The molecular weight excluding hydrogens is 240 g/mol. The number of nitrogens with zero attached hydrogens (tertiary/aromatic N) is 1. The second kappa shape index (κ2) is 6.04. The largest absolute Gasteiger partial charge is 0.382 e. The SMILES string of the molecule is CCC1CCCC(Nc2ccc([N+](=O)[O-])c(C)c2)C1. The van der Waals surface area contributed by atoms with Crippen LogP contribution in [0.25, 0.3) is 0 Å². The molecule has 1 N–H and O–H groups in total. The Bertz CT molecular complexity index is 459. The summed E-state index contributed by atoms with van der Waals surface area (Å²) in [4.78, 5) is 10.5. The number of nitrogens with one attached hydrogen (secondary N) is 1. The molecule has 4 heteroatoms. The molecule has 2 rings (SSSR count). The minimum absolute atomic E-state index is 0.195. The summed E-state index contributed by atoms with van der Waals surface area (Å²) in [5.74, 6) is 0.824. The topological polar surface area (TPSA) is 55.2 Å². The van der Waals surface area contributed by atoms with Gasteiger partial charge in [-0.15, -0.1) is 0 Å². The molecule has 1 aliphatic rings. The quantitative estimate of drug-likeness (QED) is 0.650. The van der Waals surface area contributed by atoms with Crippen molar-refractivity contribution in [1.29, 1.82) is 0 Å².